The number of carbonyl (C=O) groups is 1. The molecule has 0 fully saturated rings. The Morgan fingerprint density at radius 3 is 2.00 bits per heavy atom. The minimum Gasteiger partial charge on any atom is -0.460 e. The van der Waals surface area contributed by atoms with Crippen LogP contribution in [-0.4, -0.2) is 16.0 Å². The minimum atomic E-state index is -3.04. The lowest BCUT2D eigenvalue weighted by atomic mass is 9.76. The molecule has 0 spiro atoms. The fourth-order valence-corrected chi connectivity index (χ4v) is 5.36. The molecule has 4 atom stereocenters. The van der Waals surface area contributed by atoms with Crippen molar-refractivity contribution >= 4 is 14.0 Å². The van der Waals surface area contributed by atoms with Gasteiger partial charge in [-0.15, -0.1) is 0 Å². The molecule has 5 nitrogen and oxygen atoms in total. The number of ether oxygens (including phenoxy) is 1. The van der Waals surface area contributed by atoms with E-state index in [0.717, 1.165) is 5.56 Å². The summed E-state index contributed by atoms with van der Waals surface area (Å²) >= 11 is 0. The minimum absolute atomic E-state index is 0.0500. The molecule has 0 bridgehead atoms. The fourth-order valence-electron chi connectivity index (χ4n) is 4.13. The van der Waals surface area contributed by atoms with Crippen molar-refractivity contribution in [2.45, 2.75) is 37.6 Å². The van der Waals surface area contributed by atoms with Gasteiger partial charge in [-0.25, -0.2) is 0 Å². The summed E-state index contributed by atoms with van der Waals surface area (Å²) in [7, 11) is -3.04. The molecule has 0 aromatic heterocycles. The Balaban J connectivity index is 2.09. The van der Waals surface area contributed by atoms with E-state index in [4.69, 9.17) is 4.74 Å². The smallest absolute Gasteiger partial charge is 0.460 e. The van der Waals surface area contributed by atoms with E-state index in [1.807, 2.05) is 37.3 Å². The first-order chi connectivity index (χ1) is 15.5. The number of carbonyl (C=O) groups excluding carboxylic acids is 1. The molecule has 0 saturated carbocycles. The number of hydrogen-bond acceptors (Lipinski definition) is 4. The molecule has 0 saturated heterocycles. The first-order valence-electron chi connectivity index (χ1n) is 10.7. The van der Waals surface area contributed by atoms with Crippen molar-refractivity contribution in [3.8, 4) is 0 Å². The molecule has 0 aliphatic rings. The molecular formula is C26H28O5P+. The molecule has 4 unspecified atom stereocenters. The Bertz CT molecular complexity index is 1010. The van der Waals surface area contributed by atoms with E-state index in [1.165, 1.54) is 0 Å². The maximum atomic E-state index is 13.4. The van der Waals surface area contributed by atoms with Crippen molar-refractivity contribution in [2.24, 2.45) is 5.92 Å². The van der Waals surface area contributed by atoms with Crippen LogP contribution in [0.15, 0.2) is 91.0 Å². The van der Waals surface area contributed by atoms with Crippen LogP contribution in [0.4, 0.5) is 0 Å². The van der Waals surface area contributed by atoms with Gasteiger partial charge in [-0.05, 0) is 22.1 Å². The quantitative estimate of drug-likeness (QED) is 0.314. The van der Waals surface area contributed by atoms with Crippen molar-refractivity contribution < 1.29 is 24.1 Å². The molecular weight excluding hydrogens is 423 g/mol. The van der Waals surface area contributed by atoms with E-state index < -0.39 is 31.2 Å². The van der Waals surface area contributed by atoms with Gasteiger partial charge < -0.3 is 9.84 Å². The number of aliphatic hydroxyl groups is 1. The summed E-state index contributed by atoms with van der Waals surface area (Å²) in [5.74, 6) is -1.63. The lowest BCUT2D eigenvalue weighted by molar-refractivity contribution is -0.153. The molecule has 0 aliphatic heterocycles. The molecule has 0 aliphatic carbocycles. The Hall–Kier alpha value is -2.85. The highest BCUT2D eigenvalue weighted by Crippen LogP contribution is 2.59. The van der Waals surface area contributed by atoms with Crippen molar-refractivity contribution in [2.75, 3.05) is 0 Å². The van der Waals surface area contributed by atoms with Crippen LogP contribution in [0.3, 0.4) is 0 Å². The summed E-state index contributed by atoms with van der Waals surface area (Å²) in [6.07, 6.45) is -0.529. The summed E-state index contributed by atoms with van der Waals surface area (Å²) in [5, 5.41) is 9.77. The van der Waals surface area contributed by atoms with Crippen molar-refractivity contribution in [1.82, 2.24) is 0 Å². The maximum Gasteiger partial charge on any atom is 0.520 e. The summed E-state index contributed by atoms with van der Waals surface area (Å²) in [6, 6.07) is 26.6. The van der Waals surface area contributed by atoms with E-state index in [1.54, 1.807) is 60.7 Å². The van der Waals surface area contributed by atoms with Gasteiger partial charge in [-0.1, -0.05) is 104 Å². The summed E-state index contributed by atoms with van der Waals surface area (Å²) in [6.45, 7) is 1.95. The zero-order valence-electron chi connectivity index (χ0n) is 18.0. The van der Waals surface area contributed by atoms with Gasteiger partial charge in [-0.2, -0.15) is 4.89 Å². The Morgan fingerprint density at radius 2 is 1.47 bits per heavy atom. The third kappa shape index (κ3) is 4.97. The second-order valence-corrected chi connectivity index (χ2v) is 9.00. The number of rotatable bonds is 10. The summed E-state index contributed by atoms with van der Waals surface area (Å²) in [4.78, 5) is 24.1. The molecule has 6 heteroatoms. The Labute approximate surface area is 189 Å². The molecule has 3 aromatic carbocycles. The van der Waals surface area contributed by atoms with Crippen LogP contribution in [0.25, 0.3) is 0 Å². The highest BCUT2D eigenvalue weighted by atomic mass is 31.1. The van der Waals surface area contributed by atoms with Gasteiger partial charge in [0.25, 0.3) is 5.16 Å². The zero-order chi connectivity index (χ0) is 23.0. The number of benzene rings is 3. The molecule has 166 valence electrons. The van der Waals surface area contributed by atoms with Gasteiger partial charge in [-0.3, -0.25) is 4.79 Å². The summed E-state index contributed by atoms with van der Waals surface area (Å²) in [5.41, 5.74) is 1.71. The maximum absolute atomic E-state index is 13.4. The average Bonchev–Trinajstić information content (AvgIpc) is 2.84. The van der Waals surface area contributed by atoms with E-state index in [9.17, 15) is 19.4 Å². The second-order valence-electron chi connectivity index (χ2n) is 7.71. The predicted molar refractivity (Wildman–Crippen MR) is 124 cm³/mol. The normalized spacial score (nSPS) is 15.3. The molecule has 0 heterocycles. The number of esters is 1. The van der Waals surface area contributed by atoms with Crippen molar-refractivity contribution in [3.63, 3.8) is 0 Å². The third-order valence-electron chi connectivity index (χ3n) is 5.70. The first-order valence-corrected chi connectivity index (χ1v) is 11.9. The molecule has 3 aromatic rings. The molecule has 3 rings (SSSR count). The van der Waals surface area contributed by atoms with Crippen LogP contribution < -0.4 is 0 Å². The molecule has 0 radical (unpaired) electrons. The zero-order valence-corrected chi connectivity index (χ0v) is 18.9. The lowest BCUT2D eigenvalue weighted by Crippen LogP contribution is -2.43. The Morgan fingerprint density at radius 1 is 0.938 bits per heavy atom. The third-order valence-corrected chi connectivity index (χ3v) is 7.15. The predicted octanol–water partition coefficient (Wildman–Crippen LogP) is 5.51. The molecule has 0 amide bonds. The largest absolute Gasteiger partial charge is 0.520 e. The fraction of sp³-hybridized carbons (Fsp3) is 0.269. The highest BCUT2D eigenvalue weighted by Gasteiger charge is 2.65. The number of aliphatic hydroxyl groups excluding tert-OH is 1. The van der Waals surface area contributed by atoms with E-state index in [2.05, 4.69) is 0 Å². The highest BCUT2D eigenvalue weighted by molar-refractivity contribution is 7.39. The topological polar surface area (TPSA) is 83.8 Å². The van der Waals surface area contributed by atoms with E-state index in [-0.39, 0.29) is 13.0 Å². The van der Waals surface area contributed by atoms with Crippen molar-refractivity contribution in [1.29, 1.82) is 0 Å². The van der Waals surface area contributed by atoms with Crippen LogP contribution in [0.5, 0.6) is 0 Å². The van der Waals surface area contributed by atoms with Crippen LogP contribution in [0.1, 0.15) is 42.6 Å². The Kier molecular flexibility index (Phi) is 8.29. The number of hydrogen-bond donors (Lipinski definition) is 2. The average molecular weight is 451 g/mol. The lowest BCUT2D eigenvalue weighted by Gasteiger charge is -2.33. The first kappa shape index (κ1) is 23.8. The van der Waals surface area contributed by atoms with Crippen molar-refractivity contribution in [3.05, 3.63) is 108 Å². The summed E-state index contributed by atoms with van der Waals surface area (Å²) < 4.78 is 18.7. The van der Waals surface area contributed by atoms with Crippen LogP contribution >= 0.6 is 8.03 Å². The SMILES string of the molecule is CCCC(C(=O)OCc1ccccc1)C(c1ccccc1)(C(O)c1ccccc1)[P+](=O)O. The molecule has 32 heavy (non-hydrogen) atoms. The van der Waals surface area contributed by atoms with Crippen LogP contribution in [0.2, 0.25) is 0 Å². The molecule has 2 N–H and O–H groups in total. The van der Waals surface area contributed by atoms with Crippen LogP contribution in [-0.2, 0) is 25.9 Å². The van der Waals surface area contributed by atoms with Gasteiger partial charge >= 0.3 is 14.0 Å². The van der Waals surface area contributed by atoms with Crippen LogP contribution in [0, 0.1) is 5.92 Å². The van der Waals surface area contributed by atoms with Gasteiger partial charge in [0.2, 0.25) is 0 Å². The monoisotopic (exact) mass is 451 g/mol. The second kappa shape index (κ2) is 11.1. The van der Waals surface area contributed by atoms with E-state index in [0.29, 0.717) is 17.5 Å². The van der Waals surface area contributed by atoms with Gasteiger partial charge in [0, 0.05) is 5.56 Å². The standard InChI is InChI=1S/C26H27O5P/c1-2-12-23(25(28)31-19-20-13-6-3-7-14-20)26(32(29)30,22-17-10-5-11-18-22)24(27)21-15-8-4-9-16-21/h3-11,13-18,23-24,27H,2,12,19H2,1H3/p+1. The van der Waals surface area contributed by atoms with Gasteiger partial charge in [0.15, 0.2) is 0 Å². The van der Waals surface area contributed by atoms with Gasteiger partial charge in [0.1, 0.15) is 18.6 Å². The van der Waals surface area contributed by atoms with E-state index >= 15 is 0 Å². The van der Waals surface area contributed by atoms with Gasteiger partial charge in [0.05, 0.1) is 0 Å².